The van der Waals surface area contributed by atoms with Gasteiger partial charge in [-0.3, -0.25) is 4.79 Å². The molecular formula is C13H9BrClNOS. The molecule has 2 aromatic rings. The second kappa shape index (κ2) is 5.78. The highest BCUT2D eigenvalue weighted by molar-refractivity contribution is 9.10. The summed E-state index contributed by atoms with van der Waals surface area (Å²) in [4.78, 5) is 12.8. The van der Waals surface area contributed by atoms with Crippen LogP contribution in [-0.2, 0) is 0 Å². The molecule has 0 saturated heterocycles. The molecule has 92 valence electrons. The van der Waals surface area contributed by atoms with Crippen molar-refractivity contribution < 1.29 is 4.79 Å². The number of hydrogen-bond donors (Lipinski definition) is 2. The Morgan fingerprint density at radius 2 is 1.83 bits per heavy atom. The Hall–Kier alpha value is -0.970. The first-order chi connectivity index (χ1) is 8.56. The number of benzene rings is 2. The Morgan fingerprint density at radius 1 is 1.17 bits per heavy atom. The van der Waals surface area contributed by atoms with Crippen LogP contribution in [0, 0.1) is 0 Å². The van der Waals surface area contributed by atoms with Crippen LogP contribution in [0.1, 0.15) is 10.4 Å². The van der Waals surface area contributed by atoms with Gasteiger partial charge in [-0.25, -0.2) is 0 Å². The Bertz CT molecular complexity index is 586. The number of hydrogen-bond acceptors (Lipinski definition) is 2. The average molecular weight is 343 g/mol. The Labute approximate surface area is 124 Å². The van der Waals surface area contributed by atoms with E-state index in [9.17, 15) is 4.79 Å². The SMILES string of the molecule is O=C(Nc1ccc(Cl)cc1Br)c1ccc(S)cc1. The van der Waals surface area contributed by atoms with Gasteiger partial charge in [0, 0.05) is 20.0 Å². The summed E-state index contributed by atoms with van der Waals surface area (Å²) in [5, 5.41) is 3.41. The molecule has 0 aliphatic rings. The maximum Gasteiger partial charge on any atom is 0.255 e. The van der Waals surface area contributed by atoms with Gasteiger partial charge < -0.3 is 5.32 Å². The standard InChI is InChI=1S/C13H9BrClNOS/c14-11-7-9(15)3-6-12(11)16-13(17)8-1-4-10(18)5-2-8/h1-7,18H,(H,16,17). The van der Waals surface area contributed by atoms with Gasteiger partial charge in [0.1, 0.15) is 0 Å². The maximum absolute atomic E-state index is 12.0. The van der Waals surface area contributed by atoms with Gasteiger partial charge in [0.2, 0.25) is 0 Å². The van der Waals surface area contributed by atoms with E-state index >= 15 is 0 Å². The minimum Gasteiger partial charge on any atom is -0.321 e. The van der Waals surface area contributed by atoms with Gasteiger partial charge in [0.25, 0.3) is 5.91 Å². The van der Waals surface area contributed by atoms with Crippen LogP contribution in [0.25, 0.3) is 0 Å². The highest BCUT2D eigenvalue weighted by atomic mass is 79.9. The molecule has 0 fully saturated rings. The highest BCUT2D eigenvalue weighted by Gasteiger charge is 2.08. The number of rotatable bonds is 2. The first-order valence-electron chi connectivity index (χ1n) is 5.12. The van der Waals surface area contributed by atoms with Gasteiger partial charge in [-0.1, -0.05) is 11.6 Å². The topological polar surface area (TPSA) is 29.1 Å². The molecule has 0 radical (unpaired) electrons. The van der Waals surface area contributed by atoms with Gasteiger partial charge in [-0.15, -0.1) is 12.6 Å². The molecule has 5 heteroatoms. The minimum absolute atomic E-state index is 0.175. The van der Waals surface area contributed by atoms with E-state index in [0.717, 1.165) is 9.37 Å². The summed E-state index contributed by atoms with van der Waals surface area (Å²) in [6.07, 6.45) is 0. The summed E-state index contributed by atoms with van der Waals surface area (Å²) in [7, 11) is 0. The lowest BCUT2D eigenvalue weighted by Gasteiger charge is -2.07. The molecule has 0 unspecified atom stereocenters. The van der Waals surface area contributed by atoms with Crippen molar-refractivity contribution in [1.82, 2.24) is 0 Å². The first-order valence-corrected chi connectivity index (χ1v) is 6.73. The molecule has 0 saturated carbocycles. The number of carbonyl (C=O) groups excluding carboxylic acids is 1. The van der Waals surface area contributed by atoms with Crippen molar-refractivity contribution in [2.24, 2.45) is 0 Å². The van der Waals surface area contributed by atoms with E-state index in [1.807, 2.05) is 0 Å². The van der Waals surface area contributed by atoms with Crippen LogP contribution in [0.4, 0.5) is 5.69 Å². The van der Waals surface area contributed by atoms with E-state index in [2.05, 4.69) is 33.9 Å². The zero-order valence-corrected chi connectivity index (χ0v) is 12.4. The summed E-state index contributed by atoms with van der Waals surface area (Å²) in [5.41, 5.74) is 1.26. The summed E-state index contributed by atoms with van der Waals surface area (Å²) < 4.78 is 0.745. The molecule has 18 heavy (non-hydrogen) atoms. The molecule has 0 aliphatic carbocycles. The number of thiol groups is 1. The molecule has 0 bridgehead atoms. The van der Waals surface area contributed by atoms with Crippen LogP contribution in [-0.4, -0.2) is 5.91 Å². The second-order valence-corrected chi connectivity index (χ2v) is 5.43. The van der Waals surface area contributed by atoms with Crippen molar-refractivity contribution in [3.05, 3.63) is 57.5 Å². The highest BCUT2D eigenvalue weighted by Crippen LogP contribution is 2.26. The molecule has 1 amide bonds. The smallest absolute Gasteiger partial charge is 0.255 e. The predicted molar refractivity (Wildman–Crippen MR) is 80.8 cm³/mol. The predicted octanol–water partition coefficient (Wildman–Crippen LogP) is 4.64. The third kappa shape index (κ3) is 3.28. The number of halogens is 2. The van der Waals surface area contributed by atoms with Gasteiger partial charge in [0.15, 0.2) is 0 Å². The molecule has 0 spiro atoms. The van der Waals surface area contributed by atoms with E-state index < -0.39 is 0 Å². The van der Waals surface area contributed by atoms with Crippen molar-refractivity contribution in [3.63, 3.8) is 0 Å². The Morgan fingerprint density at radius 3 is 2.44 bits per heavy atom. The van der Waals surface area contributed by atoms with Crippen molar-refractivity contribution in [1.29, 1.82) is 0 Å². The molecule has 1 N–H and O–H groups in total. The lowest BCUT2D eigenvalue weighted by Crippen LogP contribution is -2.12. The first kappa shape index (κ1) is 13.5. The third-order valence-electron chi connectivity index (χ3n) is 2.31. The normalized spacial score (nSPS) is 10.2. The van der Waals surface area contributed by atoms with Crippen LogP contribution in [0.5, 0.6) is 0 Å². The van der Waals surface area contributed by atoms with Gasteiger partial charge in [0.05, 0.1) is 5.69 Å². The Kier molecular flexibility index (Phi) is 4.32. The van der Waals surface area contributed by atoms with Crippen LogP contribution in [0.3, 0.4) is 0 Å². The van der Waals surface area contributed by atoms with Crippen molar-refractivity contribution in [2.45, 2.75) is 4.90 Å². The number of anilines is 1. The van der Waals surface area contributed by atoms with Crippen molar-refractivity contribution >= 4 is 51.8 Å². The van der Waals surface area contributed by atoms with E-state index in [1.165, 1.54) is 0 Å². The Balaban J connectivity index is 2.18. The third-order valence-corrected chi connectivity index (χ3v) is 3.50. The molecule has 2 nitrogen and oxygen atoms in total. The van der Waals surface area contributed by atoms with Gasteiger partial charge in [-0.2, -0.15) is 0 Å². The minimum atomic E-state index is -0.175. The number of nitrogens with one attached hydrogen (secondary N) is 1. The fourth-order valence-electron chi connectivity index (χ4n) is 1.40. The molecule has 0 aliphatic heterocycles. The van der Waals surface area contributed by atoms with Crippen LogP contribution >= 0.6 is 40.2 Å². The zero-order valence-electron chi connectivity index (χ0n) is 9.15. The van der Waals surface area contributed by atoms with Crippen molar-refractivity contribution in [2.75, 3.05) is 5.32 Å². The molecule has 2 rings (SSSR count). The average Bonchev–Trinajstić information content (AvgIpc) is 2.33. The second-order valence-electron chi connectivity index (χ2n) is 3.63. The van der Waals surface area contributed by atoms with Crippen molar-refractivity contribution in [3.8, 4) is 0 Å². The molecule has 0 atom stereocenters. The molecule has 2 aromatic carbocycles. The van der Waals surface area contributed by atoms with E-state index in [0.29, 0.717) is 16.3 Å². The summed E-state index contributed by atoms with van der Waals surface area (Å²) in [6, 6.07) is 12.2. The van der Waals surface area contributed by atoms with E-state index in [1.54, 1.807) is 42.5 Å². The van der Waals surface area contributed by atoms with E-state index in [4.69, 9.17) is 11.6 Å². The van der Waals surface area contributed by atoms with Crippen LogP contribution in [0.2, 0.25) is 5.02 Å². The zero-order chi connectivity index (χ0) is 13.1. The monoisotopic (exact) mass is 341 g/mol. The van der Waals surface area contributed by atoms with Gasteiger partial charge >= 0.3 is 0 Å². The fraction of sp³-hybridized carbons (Fsp3) is 0. The largest absolute Gasteiger partial charge is 0.321 e. The molecule has 0 heterocycles. The van der Waals surface area contributed by atoms with Gasteiger partial charge in [-0.05, 0) is 58.4 Å². The van der Waals surface area contributed by atoms with Crippen LogP contribution in [0.15, 0.2) is 51.8 Å². The lowest BCUT2D eigenvalue weighted by atomic mass is 10.2. The summed E-state index contributed by atoms with van der Waals surface area (Å²) in [6.45, 7) is 0. The fourth-order valence-corrected chi connectivity index (χ4v) is 2.33. The molecular weight excluding hydrogens is 334 g/mol. The summed E-state index contributed by atoms with van der Waals surface area (Å²) in [5.74, 6) is -0.175. The number of amides is 1. The summed E-state index contributed by atoms with van der Waals surface area (Å²) >= 11 is 13.4. The number of carbonyl (C=O) groups is 1. The van der Waals surface area contributed by atoms with Crippen LogP contribution < -0.4 is 5.32 Å². The lowest BCUT2D eigenvalue weighted by molar-refractivity contribution is 0.102. The quantitative estimate of drug-likeness (QED) is 0.765. The van der Waals surface area contributed by atoms with E-state index in [-0.39, 0.29) is 5.91 Å². The molecule has 0 aromatic heterocycles. The maximum atomic E-state index is 12.0.